The number of hydrogen-bond donors (Lipinski definition) is 1. The standard InChI is InChI=1S/C15H24ClNO/c1-13(2)15-6-4-14(5-7-15)12-17-9-3-10-18-11-8-16/h4-7,13,17H,3,8-12H2,1-2H3. The highest BCUT2D eigenvalue weighted by Gasteiger charge is 1.98. The molecule has 2 nitrogen and oxygen atoms in total. The van der Waals surface area contributed by atoms with Crippen molar-refractivity contribution in [2.24, 2.45) is 0 Å². The first-order valence-corrected chi connectivity index (χ1v) is 7.20. The summed E-state index contributed by atoms with van der Waals surface area (Å²) in [6.07, 6.45) is 1.03. The van der Waals surface area contributed by atoms with Crippen LogP contribution in [0.3, 0.4) is 0 Å². The van der Waals surface area contributed by atoms with Crippen LogP contribution in [-0.4, -0.2) is 25.6 Å². The maximum absolute atomic E-state index is 5.52. The van der Waals surface area contributed by atoms with E-state index in [-0.39, 0.29) is 0 Å². The van der Waals surface area contributed by atoms with E-state index >= 15 is 0 Å². The molecule has 0 unspecified atom stereocenters. The van der Waals surface area contributed by atoms with Crippen molar-refractivity contribution in [1.82, 2.24) is 5.32 Å². The number of ether oxygens (including phenoxy) is 1. The fourth-order valence-electron chi connectivity index (χ4n) is 1.71. The van der Waals surface area contributed by atoms with Crippen LogP contribution in [0.2, 0.25) is 0 Å². The van der Waals surface area contributed by atoms with E-state index in [2.05, 4.69) is 43.4 Å². The Balaban J connectivity index is 2.12. The van der Waals surface area contributed by atoms with E-state index in [0.717, 1.165) is 26.1 Å². The zero-order valence-corrected chi connectivity index (χ0v) is 12.2. The number of rotatable bonds is 9. The first-order valence-electron chi connectivity index (χ1n) is 6.67. The summed E-state index contributed by atoms with van der Waals surface area (Å²) >= 11 is 5.52. The van der Waals surface area contributed by atoms with Crippen molar-refractivity contribution < 1.29 is 4.74 Å². The molecule has 0 atom stereocenters. The fourth-order valence-corrected chi connectivity index (χ4v) is 1.82. The topological polar surface area (TPSA) is 21.3 Å². The Bertz CT molecular complexity index is 311. The Morgan fingerprint density at radius 2 is 1.89 bits per heavy atom. The average Bonchev–Trinajstić information content (AvgIpc) is 2.38. The molecule has 0 radical (unpaired) electrons. The molecule has 0 aliphatic rings. The van der Waals surface area contributed by atoms with Crippen LogP contribution in [0.5, 0.6) is 0 Å². The molecule has 1 N–H and O–H groups in total. The molecule has 3 heteroatoms. The van der Waals surface area contributed by atoms with Gasteiger partial charge in [0.2, 0.25) is 0 Å². The van der Waals surface area contributed by atoms with Crippen molar-refractivity contribution >= 4 is 11.6 Å². The van der Waals surface area contributed by atoms with Gasteiger partial charge in [-0.05, 0) is 30.0 Å². The molecule has 0 aliphatic carbocycles. The van der Waals surface area contributed by atoms with Crippen LogP contribution < -0.4 is 5.32 Å². The predicted octanol–water partition coefficient (Wildman–Crippen LogP) is 3.55. The molecule has 0 heterocycles. The summed E-state index contributed by atoms with van der Waals surface area (Å²) in [5, 5.41) is 3.41. The summed E-state index contributed by atoms with van der Waals surface area (Å²) in [4.78, 5) is 0. The minimum atomic E-state index is 0.579. The highest BCUT2D eigenvalue weighted by molar-refractivity contribution is 6.17. The van der Waals surface area contributed by atoms with Gasteiger partial charge in [0.1, 0.15) is 0 Å². The third-order valence-corrected chi connectivity index (χ3v) is 2.99. The van der Waals surface area contributed by atoms with E-state index in [9.17, 15) is 0 Å². The second-order valence-corrected chi connectivity index (χ2v) is 5.11. The zero-order valence-electron chi connectivity index (χ0n) is 11.4. The van der Waals surface area contributed by atoms with E-state index in [1.165, 1.54) is 11.1 Å². The third-order valence-electron chi connectivity index (χ3n) is 2.84. The molecular weight excluding hydrogens is 246 g/mol. The number of alkyl halides is 1. The minimum absolute atomic E-state index is 0.579. The Labute approximate surface area is 116 Å². The fraction of sp³-hybridized carbons (Fsp3) is 0.600. The normalized spacial score (nSPS) is 11.1. The molecule has 102 valence electrons. The van der Waals surface area contributed by atoms with Gasteiger partial charge < -0.3 is 10.1 Å². The number of halogens is 1. The Morgan fingerprint density at radius 3 is 2.50 bits per heavy atom. The highest BCUT2D eigenvalue weighted by Crippen LogP contribution is 2.14. The second kappa shape index (κ2) is 9.37. The van der Waals surface area contributed by atoms with Gasteiger partial charge >= 0.3 is 0 Å². The van der Waals surface area contributed by atoms with E-state index in [0.29, 0.717) is 18.4 Å². The van der Waals surface area contributed by atoms with Gasteiger partial charge in [-0.3, -0.25) is 0 Å². The summed E-state index contributed by atoms with van der Waals surface area (Å²) in [5.74, 6) is 1.18. The van der Waals surface area contributed by atoms with E-state index < -0.39 is 0 Å². The number of benzene rings is 1. The van der Waals surface area contributed by atoms with Crippen molar-refractivity contribution in [3.05, 3.63) is 35.4 Å². The van der Waals surface area contributed by atoms with Gasteiger partial charge in [-0.1, -0.05) is 38.1 Å². The number of hydrogen-bond acceptors (Lipinski definition) is 2. The van der Waals surface area contributed by atoms with Gasteiger partial charge in [-0.15, -0.1) is 11.6 Å². The van der Waals surface area contributed by atoms with Crippen molar-refractivity contribution in [3.63, 3.8) is 0 Å². The van der Waals surface area contributed by atoms with Gasteiger partial charge in [0.25, 0.3) is 0 Å². The molecule has 0 aliphatic heterocycles. The molecule has 0 bridgehead atoms. The molecule has 0 aromatic heterocycles. The van der Waals surface area contributed by atoms with Gasteiger partial charge in [-0.25, -0.2) is 0 Å². The molecule has 1 aromatic carbocycles. The minimum Gasteiger partial charge on any atom is -0.380 e. The van der Waals surface area contributed by atoms with Crippen molar-refractivity contribution in [1.29, 1.82) is 0 Å². The first kappa shape index (κ1) is 15.5. The SMILES string of the molecule is CC(C)c1ccc(CNCCCOCCCl)cc1. The zero-order chi connectivity index (χ0) is 13.2. The average molecular weight is 270 g/mol. The largest absolute Gasteiger partial charge is 0.380 e. The molecule has 0 spiro atoms. The molecule has 1 rings (SSSR count). The van der Waals surface area contributed by atoms with Crippen LogP contribution in [0.15, 0.2) is 24.3 Å². The predicted molar refractivity (Wildman–Crippen MR) is 78.4 cm³/mol. The van der Waals surface area contributed by atoms with E-state index in [1.807, 2.05) is 0 Å². The Morgan fingerprint density at radius 1 is 1.17 bits per heavy atom. The Hall–Kier alpha value is -0.570. The highest BCUT2D eigenvalue weighted by atomic mass is 35.5. The maximum atomic E-state index is 5.52. The van der Waals surface area contributed by atoms with Gasteiger partial charge in [0.05, 0.1) is 6.61 Å². The first-order chi connectivity index (χ1) is 8.74. The van der Waals surface area contributed by atoms with E-state index in [4.69, 9.17) is 16.3 Å². The summed E-state index contributed by atoms with van der Waals surface area (Å²) in [6, 6.07) is 8.83. The lowest BCUT2D eigenvalue weighted by atomic mass is 10.0. The van der Waals surface area contributed by atoms with Gasteiger partial charge in [0.15, 0.2) is 0 Å². The molecular formula is C15H24ClNO. The molecule has 0 saturated carbocycles. The van der Waals surface area contributed by atoms with Crippen LogP contribution >= 0.6 is 11.6 Å². The van der Waals surface area contributed by atoms with Crippen LogP contribution in [0.25, 0.3) is 0 Å². The second-order valence-electron chi connectivity index (χ2n) is 4.73. The quantitative estimate of drug-likeness (QED) is 0.547. The molecule has 1 aromatic rings. The van der Waals surface area contributed by atoms with Gasteiger partial charge in [-0.2, -0.15) is 0 Å². The maximum Gasteiger partial charge on any atom is 0.0601 e. The van der Waals surface area contributed by atoms with Crippen molar-refractivity contribution in [3.8, 4) is 0 Å². The Kier molecular flexibility index (Phi) is 8.06. The van der Waals surface area contributed by atoms with Crippen LogP contribution in [0, 0.1) is 0 Å². The molecule has 0 fully saturated rings. The summed E-state index contributed by atoms with van der Waals surface area (Å²) in [7, 11) is 0. The number of nitrogens with one attached hydrogen (secondary N) is 1. The smallest absolute Gasteiger partial charge is 0.0601 e. The lowest BCUT2D eigenvalue weighted by Crippen LogP contribution is -2.16. The monoisotopic (exact) mass is 269 g/mol. The summed E-state index contributed by atoms with van der Waals surface area (Å²) in [5.41, 5.74) is 2.73. The van der Waals surface area contributed by atoms with Gasteiger partial charge in [0, 0.05) is 19.0 Å². The van der Waals surface area contributed by atoms with Crippen molar-refractivity contribution in [2.45, 2.75) is 32.7 Å². The van der Waals surface area contributed by atoms with Crippen LogP contribution in [-0.2, 0) is 11.3 Å². The summed E-state index contributed by atoms with van der Waals surface area (Å²) < 4.78 is 5.31. The van der Waals surface area contributed by atoms with Crippen LogP contribution in [0.4, 0.5) is 0 Å². The lowest BCUT2D eigenvalue weighted by molar-refractivity contribution is 0.146. The third kappa shape index (κ3) is 6.39. The molecule has 0 amide bonds. The summed E-state index contributed by atoms with van der Waals surface area (Å²) in [6.45, 7) is 7.77. The van der Waals surface area contributed by atoms with Crippen molar-refractivity contribution in [2.75, 3.05) is 25.6 Å². The van der Waals surface area contributed by atoms with E-state index in [1.54, 1.807) is 0 Å². The van der Waals surface area contributed by atoms with Crippen LogP contribution in [0.1, 0.15) is 37.3 Å². The lowest BCUT2D eigenvalue weighted by Gasteiger charge is -2.08. The molecule has 18 heavy (non-hydrogen) atoms. The molecule has 0 saturated heterocycles.